The van der Waals surface area contributed by atoms with Crippen LogP contribution in [0.1, 0.15) is 59.8 Å². The summed E-state index contributed by atoms with van der Waals surface area (Å²) in [7, 11) is 2.67. The van der Waals surface area contributed by atoms with E-state index in [9.17, 15) is 19.2 Å². The second-order valence-corrected chi connectivity index (χ2v) is 10.3. The van der Waals surface area contributed by atoms with E-state index < -0.39 is 35.7 Å². The van der Waals surface area contributed by atoms with Crippen LogP contribution < -0.4 is 0 Å². The van der Waals surface area contributed by atoms with Crippen LogP contribution in [0.15, 0.2) is 73.8 Å². The van der Waals surface area contributed by atoms with Gasteiger partial charge >= 0.3 is 23.9 Å². The van der Waals surface area contributed by atoms with Crippen LogP contribution in [0.3, 0.4) is 0 Å². The summed E-state index contributed by atoms with van der Waals surface area (Å²) >= 11 is 0. The molecule has 1 saturated carbocycles. The maximum atomic E-state index is 12.9. The van der Waals surface area contributed by atoms with Gasteiger partial charge in [0.1, 0.15) is 0 Å². The molecule has 0 unspecified atom stereocenters. The Balaban J connectivity index is 1.72. The molecule has 1 aliphatic rings. The summed E-state index contributed by atoms with van der Waals surface area (Å²) in [6, 6.07) is 16.2. The number of carbonyl (C=O) groups excluding carboxylic acids is 4. The minimum Gasteiger partial charge on any atom is -0.469 e. The third-order valence-electron chi connectivity index (χ3n) is 7.77. The lowest BCUT2D eigenvalue weighted by atomic mass is 9.52. The molecule has 42 heavy (non-hydrogen) atoms. The van der Waals surface area contributed by atoms with Crippen LogP contribution in [0.2, 0.25) is 0 Å². The first-order valence-electron chi connectivity index (χ1n) is 14.3. The molecule has 1 fully saturated rings. The highest BCUT2D eigenvalue weighted by molar-refractivity contribution is 5.87. The largest absolute Gasteiger partial charge is 0.469 e. The first-order chi connectivity index (χ1) is 20.3. The van der Waals surface area contributed by atoms with Crippen molar-refractivity contribution < 1.29 is 38.1 Å². The Hall–Kier alpha value is -4.20. The monoisotopic (exact) mass is 576 g/mol. The van der Waals surface area contributed by atoms with Gasteiger partial charge in [-0.15, -0.1) is 0 Å². The number of unbranched alkanes of at least 4 members (excludes halogenated alkanes) is 2. The van der Waals surface area contributed by atoms with E-state index in [1.165, 1.54) is 14.2 Å². The smallest absolute Gasteiger partial charge is 0.330 e. The van der Waals surface area contributed by atoms with Crippen LogP contribution in [0.5, 0.6) is 0 Å². The van der Waals surface area contributed by atoms with Crippen LogP contribution in [-0.2, 0) is 51.0 Å². The molecule has 0 saturated heterocycles. The normalized spacial score (nSPS) is 19.1. The van der Waals surface area contributed by atoms with Gasteiger partial charge in [-0.3, -0.25) is 9.59 Å². The lowest BCUT2D eigenvalue weighted by molar-refractivity contribution is -0.168. The van der Waals surface area contributed by atoms with Gasteiger partial charge in [0.2, 0.25) is 0 Å². The zero-order valence-corrected chi connectivity index (χ0v) is 24.4. The zero-order valence-electron chi connectivity index (χ0n) is 24.4. The number of hydrogen-bond acceptors (Lipinski definition) is 8. The molecule has 0 N–H and O–H groups in total. The van der Waals surface area contributed by atoms with Crippen molar-refractivity contribution in [3.8, 4) is 0 Å². The van der Waals surface area contributed by atoms with Gasteiger partial charge in [-0.25, -0.2) is 9.59 Å². The molecule has 0 spiro atoms. The van der Waals surface area contributed by atoms with Gasteiger partial charge in [0, 0.05) is 24.0 Å². The Morgan fingerprint density at radius 3 is 1.29 bits per heavy atom. The molecule has 8 nitrogen and oxygen atoms in total. The molecule has 0 heterocycles. The first kappa shape index (κ1) is 32.3. The van der Waals surface area contributed by atoms with E-state index in [1.54, 1.807) is 0 Å². The summed E-state index contributed by atoms with van der Waals surface area (Å²) in [4.78, 5) is 48.2. The van der Waals surface area contributed by atoms with Crippen LogP contribution in [0.25, 0.3) is 0 Å². The van der Waals surface area contributed by atoms with Gasteiger partial charge in [0.25, 0.3) is 0 Å². The van der Waals surface area contributed by atoms with Crippen LogP contribution >= 0.6 is 0 Å². The number of methoxy groups -OCH3 is 2. The minimum atomic E-state index is -0.657. The van der Waals surface area contributed by atoms with Crippen molar-refractivity contribution in [3.05, 3.63) is 96.1 Å². The van der Waals surface area contributed by atoms with Crippen LogP contribution in [0.4, 0.5) is 0 Å². The highest BCUT2D eigenvalue weighted by Crippen LogP contribution is 2.58. The van der Waals surface area contributed by atoms with Crippen molar-refractivity contribution in [1.29, 1.82) is 0 Å². The molecule has 4 atom stereocenters. The molecule has 1 aliphatic carbocycles. The summed E-state index contributed by atoms with van der Waals surface area (Å²) in [6.45, 7) is 7.49. The van der Waals surface area contributed by atoms with Gasteiger partial charge in [-0.05, 0) is 60.8 Å². The summed E-state index contributed by atoms with van der Waals surface area (Å²) in [5.74, 6) is -3.52. The topological polar surface area (TPSA) is 105 Å². The van der Waals surface area contributed by atoms with E-state index in [4.69, 9.17) is 18.9 Å². The SMILES string of the molecule is C=CC(=O)OCCCCc1ccc([C@@H]2[C@@H](C(=O)OC)[C@@H](C(=O)OC)[C@@H]2c2ccc(CCCCOC(=O)C=C)cc2)cc1. The number of ether oxygens (including phenoxy) is 4. The lowest BCUT2D eigenvalue weighted by Crippen LogP contribution is -2.52. The summed E-state index contributed by atoms with van der Waals surface area (Å²) in [5.41, 5.74) is 4.18. The Morgan fingerprint density at radius 2 is 0.976 bits per heavy atom. The average molecular weight is 577 g/mol. The van der Waals surface area contributed by atoms with Gasteiger partial charge in [-0.2, -0.15) is 0 Å². The molecule has 2 aromatic rings. The molecule has 0 aromatic heterocycles. The minimum absolute atomic E-state index is 0.251. The number of hydrogen-bond donors (Lipinski definition) is 0. The van der Waals surface area contributed by atoms with Crippen molar-refractivity contribution in [3.63, 3.8) is 0 Å². The Kier molecular flexibility index (Phi) is 12.5. The van der Waals surface area contributed by atoms with E-state index in [1.807, 2.05) is 48.5 Å². The number of benzene rings is 2. The molecule has 224 valence electrons. The average Bonchev–Trinajstić information content (AvgIpc) is 3.01. The molecular weight excluding hydrogens is 536 g/mol. The Morgan fingerprint density at radius 1 is 0.619 bits per heavy atom. The van der Waals surface area contributed by atoms with Crippen molar-refractivity contribution in [1.82, 2.24) is 0 Å². The number of rotatable bonds is 16. The van der Waals surface area contributed by atoms with E-state index in [2.05, 4.69) is 13.2 Å². The quantitative estimate of drug-likeness (QED) is 0.116. The van der Waals surface area contributed by atoms with Crippen molar-refractivity contribution in [2.24, 2.45) is 11.8 Å². The second kappa shape index (κ2) is 16.3. The number of carbonyl (C=O) groups is 4. The Bertz CT molecular complexity index is 1130. The maximum absolute atomic E-state index is 12.9. The fourth-order valence-electron chi connectivity index (χ4n) is 5.57. The highest BCUT2D eigenvalue weighted by Gasteiger charge is 2.59. The predicted octanol–water partition coefficient (Wildman–Crippen LogP) is 5.25. The Labute approximate surface area is 247 Å². The van der Waals surface area contributed by atoms with Gasteiger partial charge in [0.05, 0.1) is 39.3 Å². The van der Waals surface area contributed by atoms with E-state index in [0.717, 1.165) is 72.9 Å². The van der Waals surface area contributed by atoms with Crippen LogP contribution in [-0.4, -0.2) is 51.3 Å². The van der Waals surface area contributed by atoms with Gasteiger partial charge in [0.15, 0.2) is 0 Å². The van der Waals surface area contributed by atoms with Crippen LogP contribution in [0, 0.1) is 11.8 Å². The maximum Gasteiger partial charge on any atom is 0.330 e. The first-order valence-corrected chi connectivity index (χ1v) is 14.3. The van der Waals surface area contributed by atoms with Gasteiger partial charge < -0.3 is 18.9 Å². The molecule has 0 aliphatic heterocycles. The molecule has 2 aromatic carbocycles. The molecule has 3 rings (SSSR count). The fraction of sp³-hybridized carbons (Fsp3) is 0.412. The molecular formula is C34H40O8. The van der Waals surface area contributed by atoms with Crippen molar-refractivity contribution in [2.75, 3.05) is 27.4 Å². The van der Waals surface area contributed by atoms with Crippen molar-refractivity contribution >= 4 is 23.9 Å². The van der Waals surface area contributed by atoms with E-state index in [-0.39, 0.29) is 11.8 Å². The molecule has 0 bridgehead atoms. The third-order valence-corrected chi connectivity index (χ3v) is 7.77. The van der Waals surface area contributed by atoms with Gasteiger partial charge in [-0.1, -0.05) is 61.7 Å². The number of aryl methyl sites for hydroxylation is 2. The molecule has 0 radical (unpaired) electrons. The highest BCUT2D eigenvalue weighted by atomic mass is 16.5. The lowest BCUT2D eigenvalue weighted by Gasteiger charge is -2.49. The zero-order chi connectivity index (χ0) is 30.5. The molecule has 8 heteroatoms. The van der Waals surface area contributed by atoms with E-state index in [0.29, 0.717) is 13.2 Å². The second-order valence-electron chi connectivity index (χ2n) is 10.3. The summed E-state index contributed by atoms with van der Waals surface area (Å²) < 4.78 is 20.3. The summed E-state index contributed by atoms with van der Waals surface area (Å²) in [5, 5.41) is 0. The van der Waals surface area contributed by atoms with Crippen molar-refractivity contribution in [2.45, 2.75) is 50.4 Å². The fourth-order valence-corrected chi connectivity index (χ4v) is 5.57. The third kappa shape index (κ3) is 8.41. The number of esters is 4. The predicted molar refractivity (Wildman–Crippen MR) is 158 cm³/mol. The summed E-state index contributed by atoms with van der Waals surface area (Å²) in [6.07, 6.45) is 7.16. The molecule has 0 amide bonds. The van der Waals surface area contributed by atoms with E-state index >= 15 is 0 Å². The standard InChI is InChI=1S/C34H40O8/c1-5-27(35)41-21-9-7-11-23-13-17-25(18-14-23)29-30(32(34(38)40-4)31(29)33(37)39-3)26-19-15-24(16-20-26)12-8-10-22-42-28(36)6-2/h5-6,13-20,29-32H,1-2,7-12,21-22H2,3-4H3/t29-,30+,31+,32-.